The van der Waals surface area contributed by atoms with Gasteiger partial charge in [-0.15, -0.1) is 0 Å². The highest BCUT2D eigenvalue weighted by Crippen LogP contribution is 2.57. The first-order valence-electron chi connectivity index (χ1n) is 8.25. The van der Waals surface area contributed by atoms with Crippen LogP contribution in [0.2, 0.25) is 0 Å². The SMILES string of the molecule is CC(C)(C)OC(=O)N[C@H](CO)[C@H]1[C@@H](COCc2ccccc2)C1(F)F. The van der Waals surface area contributed by atoms with E-state index in [1.54, 1.807) is 20.8 Å². The standard InChI is InChI=1S/C18H25F2NO4/c1-17(2,3)25-16(23)21-14(9-22)15-13(18(15,19)20)11-24-10-12-7-5-4-6-8-12/h4-8,13-15,22H,9-11H2,1-3H3,(H,21,23)/t13-,14-,15-/m1/s1. The van der Waals surface area contributed by atoms with Crippen molar-refractivity contribution in [3.05, 3.63) is 35.9 Å². The normalized spacial score (nSPS) is 23.0. The summed E-state index contributed by atoms with van der Waals surface area (Å²) in [6, 6.07) is 8.18. The fourth-order valence-corrected chi connectivity index (χ4v) is 2.77. The zero-order valence-electron chi connectivity index (χ0n) is 14.7. The smallest absolute Gasteiger partial charge is 0.407 e. The lowest BCUT2D eigenvalue weighted by Gasteiger charge is -2.22. The predicted molar refractivity (Wildman–Crippen MR) is 88.3 cm³/mol. The molecule has 0 saturated heterocycles. The number of benzene rings is 1. The summed E-state index contributed by atoms with van der Waals surface area (Å²) >= 11 is 0. The van der Waals surface area contributed by atoms with Gasteiger partial charge in [-0.1, -0.05) is 30.3 Å². The first-order valence-corrected chi connectivity index (χ1v) is 8.25. The number of alkyl carbamates (subject to hydrolysis) is 1. The van der Waals surface area contributed by atoms with Crippen LogP contribution in [0, 0.1) is 11.8 Å². The summed E-state index contributed by atoms with van der Waals surface area (Å²) in [7, 11) is 0. The number of rotatable bonds is 7. The Morgan fingerprint density at radius 3 is 2.52 bits per heavy atom. The molecule has 3 atom stereocenters. The molecule has 0 bridgehead atoms. The molecule has 0 aliphatic heterocycles. The minimum Gasteiger partial charge on any atom is -0.444 e. The molecule has 1 amide bonds. The maximum absolute atomic E-state index is 14.0. The van der Waals surface area contributed by atoms with Crippen LogP contribution in [0.25, 0.3) is 0 Å². The minimum atomic E-state index is -2.99. The third kappa shape index (κ3) is 5.37. The average molecular weight is 357 g/mol. The quantitative estimate of drug-likeness (QED) is 0.787. The van der Waals surface area contributed by atoms with Gasteiger partial charge in [0.25, 0.3) is 5.92 Å². The number of carbonyl (C=O) groups excluding carboxylic acids is 1. The largest absolute Gasteiger partial charge is 0.444 e. The molecule has 1 aromatic carbocycles. The monoisotopic (exact) mass is 357 g/mol. The van der Waals surface area contributed by atoms with E-state index >= 15 is 0 Å². The molecule has 0 aromatic heterocycles. The van der Waals surface area contributed by atoms with Crippen LogP contribution in [0.3, 0.4) is 0 Å². The molecule has 0 radical (unpaired) electrons. The van der Waals surface area contributed by atoms with Crippen molar-refractivity contribution in [2.75, 3.05) is 13.2 Å². The van der Waals surface area contributed by atoms with E-state index in [0.29, 0.717) is 0 Å². The van der Waals surface area contributed by atoms with Gasteiger partial charge in [-0.05, 0) is 26.3 Å². The van der Waals surface area contributed by atoms with Crippen LogP contribution in [0.4, 0.5) is 13.6 Å². The van der Waals surface area contributed by atoms with Crippen molar-refractivity contribution in [3.63, 3.8) is 0 Å². The second kappa shape index (κ2) is 7.66. The van der Waals surface area contributed by atoms with Crippen molar-refractivity contribution >= 4 is 6.09 Å². The molecule has 1 fully saturated rings. The molecule has 0 spiro atoms. The number of hydrogen-bond acceptors (Lipinski definition) is 4. The number of amides is 1. The van der Waals surface area contributed by atoms with Gasteiger partial charge in [0.2, 0.25) is 0 Å². The van der Waals surface area contributed by atoms with E-state index in [0.717, 1.165) is 5.56 Å². The molecule has 5 nitrogen and oxygen atoms in total. The second-order valence-electron chi connectivity index (χ2n) is 7.24. The summed E-state index contributed by atoms with van der Waals surface area (Å²) in [4.78, 5) is 11.8. The van der Waals surface area contributed by atoms with Crippen LogP contribution in [0.5, 0.6) is 0 Å². The zero-order valence-corrected chi connectivity index (χ0v) is 14.7. The fraction of sp³-hybridized carbons (Fsp3) is 0.611. The van der Waals surface area contributed by atoms with E-state index < -0.39 is 42.1 Å². The number of carbonyl (C=O) groups is 1. The molecule has 0 heterocycles. The highest BCUT2D eigenvalue weighted by Gasteiger charge is 2.70. The first kappa shape index (κ1) is 19.6. The van der Waals surface area contributed by atoms with Crippen molar-refractivity contribution in [2.24, 2.45) is 11.8 Å². The van der Waals surface area contributed by atoms with Crippen LogP contribution in [0.15, 0.2) is 30.3 Å². The van der Waals surface area contributed by atoms with E-state index in [9.17, 15) is 18.7 Å². The maximum Gasteiger partial charge on any atom is 0.407 e. The van der Waals surface area contributed by atoms with Crippen molar-refractivity contribution < 1.29 is 28.2 Å². The van der Waals surface area contributed by atoms with Gasteiger partial charge in [0.15, 0.2) is 0 Å². The molecule has 140 valence electrons. The Labute approximate surface area is 146 Å². The number of alkyl halides is 2. The van der Waals surface area contributed by atoms with Crippen LogP contribution in [0.1, 0.15) is 26.3 Å². The minimum absolute atomic E-state index is 0.140. The lowest BCUT2D eigenvalue weighted by Crippen LogP contribution is -2.43. The number of hydrogen-bond donors (Lipinski definition) is 2. The fourth-order valence-electron chi connectivity index (χ4n) is 2.77. The van der Waals surface area contributed by atoms with Crippen molar-refractivity contribution in [1.29, 1.82) is 0 Å². The molecular weight excluding hydrogens is 332 g/mol. The molecule has 2 N–H and O–H groups in total. The Morgan fingerprint density at radius 1 is 1.32 bits per heavy atom. The predicted octanol–water partition coefficient (Wildman–Crippen LogP) is 2.97. The topological polar surface area (TPSA) is 67.8 Å². The summed E-state index contributed by atoms with van der Waals surface area (Å²) in [6.07, 6.45) is -0.821. The molecule has 0 unspecified atom stereocenters. The summed E-state index contributed by atoms with van der Waals surface area (Å²) < 4.78 is 38.5. The third-order valence-electron chi connectivity index (χ3n) is 4.00. The van der Waals surface area contributed by atoms with Gasteiger partial charge < -0.3 is 19.9 Å². The lowest BCUT2D eigenvalue weighted by atomic mass is 10.1. The number of halogens is 2. The maximum atomic E-state index is 14.0. The van der Waals surface area contributed by atoms with Crippen LogP contribution >= 0.6 is 0 Å². The van der Waals surface area contributed by atoms with E-state index in [2.05, 4.69) is 5.32 Å². The molecule has 1 saturated carbocycles. The molecule has 25 heavy (non-hydrogen) atoms. The van der Waals surface area contributed by atoms with Gasteiger partial charge in [-0.3, -0.25) is 0 Å². The lowest BCUT2D eigenvalue weighted by molar-refractivity contribution is 0.0372. The molecular formula is C18H25F2NO4. The third-order valence-corrected chi connectivity index (χ3v) is 4.00. The molecule has 1 aliphatic rings. The van der Waals surface area contributed by atoms with Crippen molar-refractivity contribution in [3.8, 4) is 0 Å². The Bertz CT molecular complexity index is 574. The van der Waals surface area contributed by atoms with Gasteiger partial charge in [-0.25, -0.2) is 13.6 Å². The van der Waals surface area contributed by atoms with E-state index in [1.165, 1.54) is 0 Å². The summed E-state index contributed by atoms with van der Waals surface area (Å²) in [5.74, 6) is -5.19. The van der Waals surface area contributed by atoms with Gasteiger partial charge in [0.1, 0.15) is 5.60 Å². The zero-order chi connectivity index (χ0) is 18.7. The number of aliphatic hydroxyl groups is 1. The Hall–Kier alpha value is -1.73. The van der Waals surface area contributed by atoms with E-state index in [1.807, 2.05) is 30.3 Å². The molecule has 1 aromatic rings. The van der Waals surface area contributed by atoms with Gasteiger partial charge in [0.05, 0.1) is 37.7 Å². The van der Waals surface area contributed by atoms with Crippen LogP contribution in [-0.2, 0) is 16.1 Å². The molecule has 7 heteroatoms. The van der Waals surface area contributed by atoms with E-state index in [4.69, 9.17) is 9.47 Å². The van der Waals surface area contributed by atoms with Crippen molar-refractivity contribution in [1.82, 2.24) is 5.32 Å². The van der Waals surface area contributed by atoms with Gasteiger partial charge in [0, 0.05) is 0 Å². The second-order valence-corrected chi connectivity index (χ2v) is 7.24. The summed E-state index contributed by atoms with van der Waals surface area (Å²) in [6.45, 7) is 4.53. The Kier molecular flexibility index (Phi) is 6.00. The van der Waals surface area contributed by atoms with Crippen LogP contribution in [-0.4, -0.2) is 42.0 Å². The Balaban J connectivity index is 1.85. The van der Waals surface area contributed by atoms with Crippen LogP contribution < -0.4 is 5.32 Å². The van der Waals surface area contributed by atoms with Gasteiger partial charge >= 0.3 is 6.09 Å². The highest BCUT2D eigenvalue weighted by atomic mass is 19.3. The van der Waals surface area contributed by atoms with Gasteiger partial charge in [-0.2, -0.15) is 0 Å². The number of aliphatic hydroxyl groups excluding tert-OH is 1. The first-order chi connectivity index (χ1) is 11.6. The molecule has 2 rings (SSSR count). The molecule has 1 aliphatic carbocycles. The van der Waals surface area contributed by atoms with Crippen molar-refractivity contribution in [2.45, 2.75) is 44.9 Å². The Morgan fingerprint density at radius 2 is 1.96 bits per heavy atom. The summed E-state index contributed by atoms with van der Waals surface area (Å²) in [5, 5.41) is 11.7. The number of nitrogens with one attached hydrogen (secondary N) is 1. The summed E-state index contributed by atoms with van der Waals surface area (Å²) in [5.41, 5.74) is 0.155. The number of ether oxygens (including phenoxy) is 2. The highest BCUT2D eigenvalue weighted by molar-refractivity contribution is 5.68. The van der Waals surface area contributed by atoms with E-state index in [-0.39, 0.29) is 13.2 Å². The average Bonchev–Trinajstić information content (AvgIpc) is 3.05.